The average Bonchev–Trinajstić information content (AvgIpc) is 3.32. The third-order valence-electron chi connectivity index (χ3n) is 5.01. The van der Waals surface area contributed by atoms with E-state index in [2.05, 4.69) is 20.5 Å². The van der Waals surface area contributed by atoms with Crippen molar-refractivity contribution in [3.05, 3.63) is 77.2 Å². The van der Waals surface area contributed by atoms with E-state index < -0.39 is 11.8 Å². The molecule has 3 aromatic rings. The Morgan fingerprint density at radius 1 is 1.04 bits per heavy atom. The standard InChI is InChI=1S/C21H17FN4O2/c22-21(10-11-21)19-25-26-20(28-19)24-18-16(27)12-14-8-4-5-9-15(14)17(23-18)13-6-2-1-3-7-13/h1-9,18H,10-12H2,(H,24,26)/t18-/m1/s1. The van der Waals surface area contributed by atoms with Gasteiger partial charge in [0.15, 0.2) is 17.6 Å². The molecule has 2 aliphatic rings. The predicted molar refractivity (Wildman–Crippen MR) is 101 cm³/mol. The van der Waals surface area contributed by atoms with Gasteiger partial charge in [-0.25, -0.2) is 4.39 Å². The van der Waals surface area contributed by atoms with Gasteiger partial charge in [-0.3, -0.25) is 9.79 Å². The molecule has 5 rings (SSSR count). The van der Waals surface area contributed by atoms with E-state index in [-0.39, 0.29) is 24.1 Å². The van der Waals surface area contributed by atoms with E-state index in [1.807, 2.05) is 54.6 Å². The van der Waals surface area contributed by atoms with Crippen LogP contribution in [-0.2, 0) is 16.9 Å². The van der Waals surface area contributed by atoms with E-state index in [1.54, 1.807) is 0 Å². The number of halogens is 1. The molecule has 0 spiro atoms. The lowest BCUT2D eigenvalue weighted by molar-refractivity contribution is -0.119. The van der Waals surface area contributed by atoms with Crippen LogP contribution in [0.2, 0.25) is 0 Å². The highest BCUT2D eigenvalue weighted by atomic mass is 19.1. The van der Waals surface area contributed by atoms with Crippen LogP contribution in [0.1, 0.15) is 35.4 Å². The number of carbonyl (C=O) groups is 1. The number of nitrogens with zero attached hydrogens (tertiary/aromatic N) is 3. The summed E-state index contributed by atoms with van der Waals surface area (Å²) in [7, 11) is 0. The van der Waals surface area contributed by atoms with Gasteiger partial charge >= 0.3 is 6.01 Å². The van der Waals surface area contributed by atoms with Gasteiger partial charge in [0, 0.05) is 17.5 Å². The second kappa shape index (κ2) is 6.37. The van der Waals surface area contributed by atoms with Crippen molar-refractivity contribution in [2.45, 2.75) is 31.1 Å². The third kappa shape index (κ3) is 2.98. The zero-order valence-electron chi connectivity index (χ0n) is 14.9. The summed E-state index contributed by atoms with van der Waals surface area (Å²) < 4.78 is 19.5. The molecule has 1 aromatic heterocycles. The molecule has 1 aliphatic carbocycles. The first-order chi connectivity index (χ1) is 13.6. The number of alkyl halides is 1. The molecule has 0 saturated heterocycles. The van der Waals surface area contributed by atoms with Crippen LogP contribution >= 0.6 is 0 Å². The number of Topliss-reactive ketones (excluding diaryl/α,β-unsaturated/α-hetero) is 1. The van der Waals surface area contributed by atoms with Crippen molar-refractivity contribution in [1.82, 2.24) is 10.2 Å². The molecule has 1 N–H and O–H groups in total. The number of benzene rings is 2. The van der Waals surface area contributed by atoms with Gasteiger partial charge in [0.2, 0.25) is 0 Å². The van der Waals surface area contributed by atoms with Crippen molar-refractivity contribution < 1.29 is 13.6 Å². The fourth-order valence-corrected chi connectivity index (χ4v) is 3.30. The van der Waals surface area contributed by atoms with Crippen molar-refractivity contribution in [3.8, 4) is 0 Å². The summed E-state index contributed by atoms with van der Waals surface area (Å²) in [6.45, 7) is 0. The molecule has 1 fully saturated rings. The number of carbonyl (C=O) groups excluding carboxylic acids is 1. The zero-order valence-corrected chi connectivity index (χ0v) is 14.9. The number of aliphatic imine (C=N–C) groups is 1. The lowest BCUT2D eigenvalue weighted by Crippen LogP contribution is -2.29. The second-order valence-corrected chi connectivity index (χ2v) is 7.07. The topological polar surface area (TPSA) is 80.4 Å². The summed E-state index contributed by atoms with van der Waals surface area (Å²) in [5.41, 5.74) is 1.92. The highest BCUT2D eigenvalue weighted by Gasteiger charge is 2.50. The summed E-state index contributed by atoms with van der Waals surface area (Å²) >= 11 is 0. The summed E-state index contributed by atoms with van der Waals surface area (Å²) in [6.07, 6.45) is 0.0816. The Kier molecular flexibility index (Phi) is 3.82. The Hall–Kier alpha value is -3.35. The van der Waals surface area contributed by atoms with Crippen molar-refractivity contribution in [2.24, 2.45) is 4.99 Å². The van der Waals surface area contributed by atoms with E-state index in [1.165, 1.54) is 0 Å². The van der Waals surface area contributed by atoms with Gasteiger partial charge in [-0.15, -0.1) is 5.10 Å². The first-order valence-corrected chi connectivity index (χ1v) is 9.16. The maximum absolute atomic E-state index is 14.1. The van der Waals surface area contributed by atoms with Crippen LogP contribution in [-0.4, -0.2) is 27.9 Å². The number of aromatic nitrogens is 2. The predicted octanol–water partition coefficient (Wildman–Crippen LogP) is 3.43. The quantitative estimate of drug-likeness (QED) is 0.755. The van der Waals surface area contributed by atoms with Crippen molar-refractivity contribution in [1.29, 1.82) is 0 Å². The highest BCUT2D eigenvalue weighted by molar-refractivity contribution is 6.16. The molecule has 28 heavy (non-hydrogen) atoms. The van der Waals surface area contributed by atoms with Gasteiger partial charge in [-0.1, -0.05) is 59.7 Å². The van der Waals surface area contributed by atoms with Crippen molar-refractivity contribution >= 4 is 17.5 Å². The van der Waals surface area contributed by atoms with E-state index in [9.17, 15) is 9.18 Å². The lowest BCUT2D eigenvalue weighted by Gasteiger charge is -2.11. The Morgan fingerprint density at radius 3 is 2.57 bits per heavy atom. The molecule has 6 nitrogen and oxygen atoms in total. The van der Waals surface area contributed by atoms with Gasteiger partial charge in [-0.05, 0) is 18.4 Å². The molecule has 0 radical (unpaired) electrons. The third-order valence-corrected chi connectivity index (χ3v) is 5.01. The Bertz CT molecular complexity index is 1070. The average molecular weight is 376 g/mol. The first kappa shape index (κ1) is 16.8. The number of hydrogen-bond acceptors (Lipinski definition) is 6. The van der Waals surface area contributed by atoms with E-state index in [0.717, 1.165) is 16.7 Å². The van der Waals surface area contributed by atoms with Gasteiger partial charge in [0.25, 0.3) is 5.89 Å². The van der Waals surface area contributed by atoms with Gasteiger partial charge in [-0.2, -0.15) is 0 Å². The molecule has 2 heterocycles. The lowest BCUT2D eigenvalue weighted by atomic mass is 9.96. The second-order valence-electron chi connectivity index (χ2n) is 7.07. The summed E-state index contributed by atoms with van der Waals surface area (Å²) in [5, 5.41) is 10.5. The Labute approximate surface area is 160 Å². The molecule has 140 valence electrons. The Morgan fingerprint density at radius 2 is 1.79 bits per heavy atom. The monoisotopic (exact) mass is 376 g/mol. The molecule has 7 heteroatoms. The first-order valence-electron chi connectivity index (χ1n) is 9.16. The van der Waals surface area contributed by atoms with Crippen LogP contribution in [0.25, 0.3) is 0 Å². The van der Waals surface area contributed by atoms with Gasteiger partial charge < -0.3 is 9.73 Å². The van der Waals surface area contributed by atoms with E-state index in [0.29, 0.717) is 18.6 Å². The maximum atomic E-state index is 14.1. The number of fused-ring (bicyclic) bond motifs is 1. The maximum Gasteiger partial charge on any atom is 0.317 e. The summed E-state index contributed by atoms with van der Waals surface area (Å²) in [4.78, 5) is 17.5. The molecule has 0 bridgehead atoms. The van der Waals surface area contributed by atoms with Crippen molar-refractivity contribution in [2.75, 3.05) is 5.32 Å². The SMILES string of the molecule is O=C1Cc2ccccc2C(c2ccccc2)=N[C@@H]1Nc1nnc(C2(F)CC2)o1. The molecule has 0 unspecified atom stereocenters. The fraction of sp³-hybridized carbons (Fsp3) is 0.238. The van der Waals surface area contributed by atoms with Gasteiger partial charge in [0.05, 0.1) is 5.71 Å². The van der Waals surface area contributed by atoms with Crippen LogP contribution in [0.4, 0.5) is 10.4 Å². The number of nitrogens with one attached hydrogen (secondary N) is 1. The van der Waals surface area contributed by atoms with Crippen LogP contribution in [0, 0.1) is 0 Å². The van der Waals surface area contributed by atoms with Crippen LogP contribution < -0.4 is 5.32 Å². The molecular weight excluding hydrogens is 359 g/mol. The van der Waals surface area contributed by atoms with E-state index in [4.69, 9.17) is 4.42 Å². The van der Waals surface area contributed by atoms with Crippen molar-refractivity contribution in [3.63, 3.8) is 0 Å². The highest BCUT2D eigenvalue weighted by Crippen LogP contribution is 2.49. The smallest absolute Gasteiger partial charge is 0.317 e. The summed E-state index contributed by atoms with van der Waals surface area (Å²) in [6, 6.07) is 17.4. The van der Waals surface area contributed by atoms with Crippen LogP contribution in [0.15, 0.2) is 64.0 Å². The summed E-state index contributed by atoms with van der Waals surface area (Å²) in [5.74, 6) is -0.175. The molecular formula is C21H17FN4O2. The number of anilines is 1. The minimum Gasteiger partial charge on any atom is -0.405 e. The van der Waals surface area contributed by atoms with Crippen LogP contribution in [0.3, 0.4) is 0 Å². The van der Waals surface area contributed by atoms with E-state index >= 15 is 0 Å². The fourth-order valence-electron chi connectivity index (χ4n) is 3.30. The largest absolute Gasteiger partial charge is 0.405 e. The molecule has 0 amide bonds. The van der Waals surface area contributed by atoms with Gasteiger partial charge in [0.1, 0.15) is 0 Å². The molecule has 1 atom stereocenters. The number of rotatable bonds is 4. The molecule has 2 aromatic carbocycles. The molecule has 1 saturated carbocycles. The number of ketones is 1. The van der Waals surface area contributed by atoms with Crippen LogP contribution in [0.5, 0.6) is 0 Å². The minimum absolute atomic E-state index is 0.000562. The molecule has 1 aliphatic heterocycles. The normalized spacial score (nSPS) is 20.1. The number of hydrogen-bond donors (Lipinski definition) is 1. The Balaban J connectivity index is 1.53. The zero-order chi connectivity index (χ0) is 19.1. The minimum atomic E-state index is -1.52.